The van der Waals surface area contributed by atoms with E-state index in [4.69, 9.17) is 5.73 Å². The molecule has 1 heterocycles. The second kappa shape index (κ2) is 6.06. The number of aryl methyl sites for hydroxylation is 1. The number of amides is 1. The molecule has 0 radical (unpaired) electrons. The molecule has 0 aliphatic carbocycles. The Labute approximate surface area is 127 Å². The fraction of sp³-hybridized carbons (Fsp3) is 0.588. The Morgan fingerprint density at radius 2 is 1.81 bits per heavy atom. The SMILES string of the molecule is Cc1cccc(N2CCN(C(=O)[C@H](N)C(C)(C)C)CC2)c1. The summed E-state index contributed by atoms with van der Waals surface area (Å²) >= 11 is 0. The van der Waals surface area contributed by atoms with Gasteiger partial charge >= 0.3 is 0 Å². The maximum absolute atomic E-state index is 12.4. The van der Waals surface area contributed by atoms with Crippen LogP contribution in [0.5, 0.6) is 0 Å². The molecule has 1 aromatic carbocycles. The van der Waals surface area contributed by atoms with Gasteiger partial charge in [0.25, 0.3) is 0 Å². The normalized spacial score (nSPS) is 17.8. The lowest BCUT2D eigenvalue weighted by molar-refractivity contribution is -0.135. The van der Waals surface area contributed by atoms with E-state index in [2.05, 4.69) is 36.1 Å². The maximum Gasteiger partial charge on any atom is 0.240 e. The Kier molecular flexibility index (Phi) is 4.57. The van der Waals surface area contributed by atoms with Crippen LogP contribution in [-0.4, -0.2) is 43.0 Å². The van der Waals surface area contributed by atoms with Crippen molar-refractivity contribution in [1.29, 1.82) is 0 Å². The average molecular weight is 289 g/mol. The predicted molar refractivity (Wildman–Crippen MR) is 87.4 cm³/mol. The van der Waals surface area contributed by atoms with E-state index in [1.54, 1.807) is 0 Å². The first-order valence-corrected chi connectivity index (χ1v) is 7.65. The molecule has 0 bridgehead atoms. The number of rotatable bonds is 2. The number of carbonyl (C=O) groups is 1. The first-order chi connectivity index (χ1) is 9.79. The highest BCUT2D eigenvalue weighted by Gasteiger charge is 2.32. The van der Waals surface area contributed by atoms with Gasteiger partial charge in [-0.15, -0.1) is 0 Å². The van der Waals surface area contributed by atoms with E-state index >= 15 is 0 Å². The molecule has 1 saturated heterocycles. The minimum Gasteiger partial charge on any atom is -0.368 e. The number of carbonyl (C=O) groups excluding carboxylic acids is 1. The Bertz CT molecular complexity index is 499. The summed E-state index contributed by atoms with van der Waals surface area (Å²) in [6.07, 6.45) is 0. The first kappa shape index (κ1) is 15.8. The molecule has 1 aliphatic rings. The van der Waals surface area contributed by atoms with Crippen LogP contribution >= 0.6 is 0 Å². The van der Waals surface area contributed by atoms with Gasteiger partial charge in [0, 0.05) is 31.9 Å². The van der Waals surface area contributed by atoms with Gasteiger partial charge in [-0.3, -0.25) is 4.79 Å². The zero-order valence-electron chi connectivity index (χ0n) is 13.6. The minimum absolute atomic E-state index is 0.0754. The molecule has 1 fully saturated rings. The van der Waals surface area contributed by atoms with Crippen molar-refractivity contribution in [3.8, 4) is 0 Å². The highest BCUT2D eigenvalue weighted by molar-refractivity contribution is 5.82. The summed E-state index contributed by atoms with van der Waals surface area (Å²) in [4.78, 5) is 16.7. The predicted octanol–water partition coefficient (Wildman–Crippen LogP) is 2.02. The Morgan fingerprint density at radius 1 is 1.19 bits per heavy atom. The Balaban J connectivity index is 1.96. The first-order valence-electron chi connectivity index (χ1n) is 7.65. The standard InChI is InChI=1S/C17H27N3O/c1-13-6-5-7-14(12-13)19-8-10-20(11-9-19)16(21)15(18)17(2,3)4/h5-7,12,15H,8-11,18H2,1-4H3/t15-/m0/s1. The summed E-state index contributed by atoms with van der Waals surface area (Å²) < 4.78 is 0. The molecule has 21 heavy (non-hydrogen) atoms. The van der Waals surface area contributed by atoms with Gasteiger partial charge in [0.1, 0.15) is 0 Å². The van der Waals surface area contributed by atoms with E-state index in [1.165, 1.54) is 11.3 Å². The zero-order chi connectivity index (χ0) is 15.6. The largest absolute Gasteiger partial charge is 0.368 e. The minimum atomic E-state index is -0.428. The summed E-state index contributed by atoms with van der Waals surface area (Å²) in [5.41, 5.74) is 8.40. The van der Waals surface area contributed by atoms with Crippen LogP contribution in [0.25, 0.3) is 0 Å². The van der Waals surface area contributed by atoms with Crippen LogP contribution in [0.15, 0.2) is 24.3 Å². The number of anilines is 1. The Hall–Kier alpha value is -1.55. The number of nitrogens with two attached hydrogens (primary N) is 1. The van der Waals surface area contributed by atoms with Crippen molar-refractivity contribution in [3.63, 3.8) is 0 Å². The van der Waals surface area contributed by atoms with Crippen molar-refractivity contribution < 1.29 is 4.79 Å². The summed E-state index contributed by atoms with van der Waals surface area (Å²) in [5.74, 6) is 0.0754. The lowest BCUT2D eigenvalue weighted by atomic mass is 9.86. The lowest BCUT2D eigenvalue weighted by Gasteiger charge is -2.39. The van der Waals surface area contributed by atoms with Gasteiger partial charge in [-0.1, -0.05) is 32.9 Å². The van der Waals surface area contributed by atoms with Gasteiger partial charge in [0.15, 0.2) is 0 Å². The molecule has 0 aromatic heterocycles. The second-order valence-electron chi connectivity index (χ2n) is 7.00. The molecular weight excluding hydrogens is 262 g/mol. The highest BCUT2D eigenvalue weighted by Crippen LogP contribution is 2.21. The van der Waals surface area contributed by atoms with Crippen LogP contribution in [0.1, 0.15) is 26.3 Å². The summed E-state index contributed by atoms with van der Waals surface area (Å²) in [6.45, 7) is 11.4. The van der Waals surface area contributed by atoms with Crippen molar-refractivity contribution in [2.45, 2.75) is 33.7 Å². The quantitative estimate of drug-likeness (QED) is 0.906. The summed E-state index contributed by atoms with van der Waals surface area (Å²) in [6, 6.07) is 8.08. The molecule has 4 nitrogen and oxygen atoms in total. The van der Waals surface area contributed by atoms with Gasteiger partial charge in [0.2, 0.25) is 5.91 Å². The maximum atomic E-state index is 12.4. The van der Waals surface area contributed by atoms with E-state index in [9.17, 15) is 4.79 Å². The lowest BCUT2D eigenvalue weighted by Crippen LogP contribution is -2.56. The zero-order valence-corrected chi connectivity index (χ0v) is 13.6. The number of benzene rings is 1. The van der Waals surface area contributed by atoms with E-state index in [0.717, 1.165) is 26.2 Å². The molecule has 0 saturated carbocycles. The molecule has 0 spiro atoms. The molecule has 4 heteroatoms. The molecule has 2 rings (SSSR count). The number of piperazine rings is 1. The fourth-order valence-corrected chi connectivity index (χ4v) is 2.58. The third kappa shape index (κ3) is 3.76. The van der Waals surface area contributed by atoms with Crippen LogP contribution in [0.3, 0.4) is 0 Å². The van der Waals surface area contributed by atoms with Crippen molar-refractivity contribution in [2.75, 3.05) is 31.1 Å². The molecule has 1 amide bonds. The van der Waals surface area contributed by atoms with Crippen molar-refractivity contribution >= 4 is 11.6 Å². The van der Waals surface area contributed by atoms with Crippen LogP contribution < -0.4 is 10.6 Å². The molecule has 116 valence electrons. The molecule has 1 atom stereocenters. The van der Waals surface area contributed by atoms with Crippen LogP contribution in [-0.2, 0) is 4.79 Å². The van der Waals surface area contributed by atoms with Crippen LogP contribution in [0.4, 0.5) is 5.69 Å². The van der Waals surface area contributed by atoms with E-state index in [0.29, 0.717) is 0 Å². The van der Waals surface area contributed by atoms with Crippen LogP contribution in [0.2, 0.25) is 0 Å². The topological polar surface area (TPSA) is 49.6 Å². The smallest absolute Gasteiger partial charge is 0.240 e. The van der Waals surface area contributed by atoms with E-state index in [-0.39, 0.29) is 11.3 Å². The Morgan fingerprint density at radius 3 is 2.33 bits per heavy atom. The van der Waals surface area contributed by atoms with E-state index in [1.807, 2.05) is 25.7 Å². The van der Waals surface area contributed by atoms with Crippen LogP contribution in [0, 0.1) is 12.3 Å². The second-order valence-corrected chi connectivity index (χ2v) is 7.00. The summed E-state index contributed by atoms with van der Waals surface area (Å²) in [7, 11) is 0. The van der Waals surface area contributed by atoms with Crippen molar-refractivity contribution in [3.05, 3.63) is 29.8 Å². The van der Waals surface area contributed by atoms with Gasteiger partial charge in [-0.05, 0) is 30.0 Å². The third-order valence-corrected chi connectivity index (χ3v) is 4.16. The number of hydrogen-bond donors (Lipinski definition) is 1. The number of nitrogens with zero attached hydrogens (tertiary/aromatic N) is 2. The van der Waals surface area contributed by atoms with Crippen molar-refractivity contribution in [2.24, 2.45) is 11.1 Å². The monoisotopic (exact) mass is 289 g/mol. The average Bonchev–Trinajstić information content (AvgIpc) is 2.45. The van der Waals surface area contributed by atoms with Gasteiger partial charge < -0.3 is 15.5 Å². The summed E-state index contributed by atoms with van der Waals surface area (Å²) in [5, 5.41) is 0. The molecule has 0 unspecified atom stereocenters. The fourth-order valence-electron chi connectivity index (χ4n) is 2.58. The molecule has 1 aromatic rings. The van der Waals surface area contributed by atoms with Crippen molar-refractivity contribution in [1.82, 2.24) is 4.90 Å². The van der Waals surface area contributed by atoms with Gasteiger partial charge in [-0.2, -0.15) is 0 Å². The van der Waals surface area contributed by atoms with E-state index < -0.39 is 6.04 Å². The molecule has 1 aliphatic heterocycles. The highest BCUT2D eigenvalue weighted by atomic mass is 16.2. The van der Waals surface area contributed by atoms with Gasteiger partial charge in [0.05, 0.1) is 6.04 Å². The molecular formula is C17H27N3O. The number of hydrogen-bond acceptors (Lipinski definition) is 3. The van der Waals surface area contributed by atoms with Gasteiger partial charge in [-0.25, -0.2) is 0 Å². The third-order valence-electron chi connectivity index (χ3n) is 4.16. The molecule has 2 N–H and O–H groups in total.